The lowest BCUT2D eigenvalue weighted by Gasteiger charge is -2.43. The Morgan fingerprint density at radius 2 is 1.58 bits per heavy atom. The quantitative estimate of drug-likeness (QED) is 0.826. The van der Waals surface area contributed by atoms with Gasteiger partial charge in [0.15, 0.2) is 0 Å². The summed E-state index contributed by atoms with van der Waals surface area (Å²) < 4.78 is 0. The predicted molar refractivity (Wildman–Crippen MR) is 93.4 cm³/mol. The molecule has 1 saturated heterocycles. The van der Waals surface area contributed by atoms with Gasteiger partial charge in [0.1, 0.15) is 5.82 Å². The van der Waals surface area contributed by atoms with Gasteiger partial charge in [-0.2, -0.15) is 0 Å². The maximum atomic E-state index is 12.8. The fraction of sp³-hybridized carbons (Fsp3) is 0.750. The van der Waals surface area contributed by atoms with Crippen molar-refractivity contribution in [1.29, 1.82) is 0 Å². The van der Waals surface area contributed by atoms with Gasteiger partial charge >= 0.3 is 0 Å². The van der Waals surface area contributed by atoms with Crippen molar-refractivity contribution in [1.82, 2.24) is 14.9 Å². The van der Waals surface area contributed by atoms with Gasteiger partial charge < -0.3 is 4.90 Å². The van der Waals surface area contributed by atoms with Crippen molar-refractivity contribution in [3.8, 4) is 0 Å². The van der Waals surface area contributed by atoms with E-state index in [9.17, 15) is 4.79 Å². The number of hydrogen-bond acceptors (Lipinski definition) is 3. The lowest BCUT2D eigenvalue weighted by atomic mass is 9.63. The Hall–Kier alpha value is -1.45. The third kappa shape index (κ3) is 3.33. The number of likely N-dealkylation sites (tertiary alicyclic amines) is 1. The largest absolute Gasteiger partial charge is 0.343 e. The Bertz CT molecular complexity index is 531. The minimum atomic E-state index is 0.409. The lowest BCUT2D eigenvalue weighted by molar-refractivity contribution is -0.135. The monoisotopic (exact) mass is 327 g/mol. The summed E-state index contributed by atoms with van der Waals surface area (Å²) in [7, 11) is 0. The zero-order chi connectivity index (χ0) is 16.4. The molecule has 3 aliphatic rings. The van der Waals surface area contributed by atoms with E-state index in [1.807, 2.05) is 18.5 Å². The van der Waals surface area contributed by atoms with Gasteiger partial charge in [-0.05, 0) is 36.7 Å². The Kier molecular flexibility index (Phi) is 4.81. The first kappa shape index (κ1) is 16.0. The lowest BCUT2D eigenvalue weighted by Crippen LogP contribution is -2.42. The molecular weight excluding hydrogens is 298 g/mol. The van der Waals surface area contributed by atoms with Gasteiger partial charge in [0, 0.05) is 37.8 Å². The molecule has 3 fully saturated rings. The molecule has 4 rings (SSSR count). The number of aromatic nitrogens is 2. The average molecular weight is 327 g/mol. The topological polar surface area (TPSA) is 46.1 Å². The van der Waals surface area contributed by atoms with E-state index >= 15 is 0 Å². The Balaban J connectivity index is 1.30. The molecule has 24 heavy (non-hydrogen) atoms. The highest BCUT2D eigenvalue weighted by molar-refractivity contribution is 5.76. The third-order valence-corrected chi connectivity index (χ3v) is 6.72. The summed E-state index contributed by atoms with van der Waals surface area (Å²) in [5, 5.41) is 0. The van der Waals surface area contributed by atoms with E-state index < -0.39 is 0 Å². The van der Waals surface area contributed by atoms with Crippen LogP contribution in [0.1, 0.15) is 69.5 Å². The van der Waals surface area contributed by atoms with Crippen LogP contribution in [0.15, 0.2) is 18.5 Å². The first-order chi connectivity index (χ1) is 11.8. The molecule has 2 saturated carbocycles. The molecule has 2 heterocycles. The van der Waals surface area contributed by atoms with Crippen LogP contribution in [-0.2, 0) is 4.79 Å². The van der Waals surface area contributed by atoms with Crippen LogP contribution in [0, 0.1) is 17.8 Å². The van der Waals surface area contributed by atoms with E-state index in [0.29, 0.717) is 17.7 Å². The number of hydrogen-bond donors (Lipinski definition) is 0. The molecule has 130 valence electrons. The fourth-order valence-electron chi connectivity index (χ4n) is 4.69. The smallest absolute Gasteiger partial charge is 0.222 e. The van der Waals surface area contributed by atoms with Crippen molar-refractivity contribution >= 4 is 5.91 Å². The standard InChI is InChI=1S/C20H29N3O/c24-19(14-18(15-4-1-5-15)16-6-2-7-16)23-12-8-17(9-13-23)20-21-10-3-11-22-20/h3,10-11,15-18H,1-2,4-9,12-14H2. The number of rotatable bonds is 5. The fourth-order valence-corrected chi connectivity index (χ4v) is 4.69. The molecule has 4 heteroatoms. The molecule has 0 unspecified atom stereocenters. The van der Waals surface area contributed by atoms with Gasteiger partial charge in [-0.1, -0.05) is 38.5 Å². The molecular formula is C20H29N3O. The van der Waals surface area contributed by atoms with Crippen molar-refractivity contribution in [2.24, 2.45) is 17.8 Å². The minimum absolute atomic E-state index is 0.409. The van der Waals surface area contributed by atoms with Gasteiger partial charge in [-0.25, -0.2) is 9.97 Å². The molecule has 1 amide bonds. The van der Waals surface area contributed by atoms with E-state index in [4.69, 9.17) is 0 Å². The number of amides is 1. The van der Waals surface area contributed by atoms with Crippen LogP contribution in [0.25, 0.3) is 0 Å². The van der Waals surface area contributed by atoms with Crippen molar-refractivity contribution < 1.29 is 4.79 Å². The van der Waals surface area contributed by atoms with Gasteiger partial charge in [0.2, 0.25) is 5.91 Å². The van der Waals surface area contributed by atoms with E-state index in [2.05, 4.69) is 14.9 Å². The Morgan fingerprint density at radius 1 is 1.00 bits per heavy atom. The second kappa shape index (κ2) is 7.20. The molecule has 1 aromatic rings. The number of carbonyl (C=O) groups is 1. The molecule has 1 aromatic heterocycles. The average Bonchev–Trinajstić information content (AvgIpc) is 2.52. The molecule has 0 radical (unpaired) electrons. The highest BCUT2D eigenvalue weighted by atomic mass is 16.2. The summed E-state index contributed by atoms with van der Waals surface area (Å²) in [6, 6.07) is 1.86. The molecule has 4 nitrogen and oxygen atoms in total. The van der Waals surface area contributed by atoms with Crippen molar-refractivity contribution in [3.63, 3.8) is 0 Å². The van der Waals surface area contributed by atoms with E-state index in [1.54, 1.807) is 0 Å². The first-order valence-corrected chi connectivity index (χ1v) is 9.86. The van der Waals surface area contributed by atoms with Gasteiger partial charge in [-0.3, -0.25) is 4.79 Å². The molecule has 0 spiro atoms. The zero-order valence-corrected chi connectivity index (χ0v) is 14.6. The van der Waals surface area contributed by atoms with Crippen LogP contribution in [0.3, 0.4) is 0 Å². The Morgan fingerprint density at radius 3 is 2.08 bits per heavy atom. The summed E-state index contributed by atoms with van der Waals surface area (Å²) in [6.07, 6.45) is 14.7. The summed E-state index contributed by atoms with van der Waals surface area (Å²) in [6.45, 7) is 1.76. The first-order valence-electron chi connectivity index (χ1n) is 9.86. The highest BCUT2D eigenvalue weighted by Crippen LogP contribution is 2.46. The molecule has 1 aliphatic heterocycles. The normalized spacial score (nSPS) is 23.1. The highest BCUT2D eigenvalue weighted by Gasteiger charge is 2.38. The van der Waals surface area contributed by atoms with Gasteiger partial charge in [0.25, 0.3) is 0 Å². The molecule has 0 atom stereocenters. The van der Waals surface area contributed by atoms with Crippen LogP contribution in [0.2, 0.25) is 0 Å². The Labute approximate surface area is 145 Å². The van der Waals surface area contributed by atoms with Crippen LogP contribution in [0.4, 0.5) is 0 Å². The molecule has 0 aromatic carbocycles. The summed E-state index contributed by atoms with van der Waals surface area (Å²) in [5.41, 5.74) is 0. The van der Waals surface area contributed by atoms with E-state index in [0.717, 1.165) is 50.0 Å². The second-order valence-electron chi connectivity index (χ2n) is 8.01. The SMILES string of the molecule is O=C(CC(C1CCC1)C1CCC1)N1CCC(c2ncccn2)CC1. The number of carbonyl (C=O) groups excluding carboxylic acids is 1. The van der Waals surface area contributed by atoms with Crippen LogP contribution in [-0.4, -0.2) is 33.9 Å². The second-order valence-corrected chi connectivity index (χ2v) is 8.01. The summed E-state index contributed by atoms with van der Waals surface area (Å²) in [5.74, 6) is 4.14. The number of nitrogens with zero attached hydrogens (tertiary/aromatic N) is 3. The van der Waals surface area contributed by atoms with Crippen molar-refractivity contribution in [2.45, 2.75) is 63.7 Å². The third-order valence-electron chi connectivity index (χ3n) is 6.72. The van der Waals surface area contributed by atoms with Crippen molar-refractivity contribution in [3.05, 3.63) is 24.3 Å². The minimum Gasteiger partial charge on any atom is -0.343 e. The van der Waals surface area contributed by atoms with Gasteiger partial charge in [0.05, 0.1) is 0 Å². The summed E-state index contributed by atoms with van der Waals surface area (Å²) in [4.78, 5) is 23.7. The van der Waals surface area contributed by atoms with Crippen LogP contribution < -0.4 is 0 Å². The maximum Gasteiger partial charge on any atom is 0.222 e. The maximum absolute atomic E-state index is 12.8. The predicted octanol–water partition coefficient (Wildman–Crippen LogP) is 3.79. The molecule has 0 bridgehead atoms. The van der Waals surface area contributed by atoms with Crippen molar-refractivity contribution in [2.75, 3.05) is 13.1 Å². The van der Waals surface area contributed by atoms with Crippen LogP contribution in [0.5, 0.6) is 0 Å². The van der Waals surface area contributed by atoms with Crippen LogP contribution >= 0.6 is 0 Å². The molecule has 0 N–H and O–H groups in total. The van der Waals surface area contributed by atoms with E-state index in [-0.39, 0.29) is 0 Å². The molecule has 2 aliphatic carbocycles. The number of piperidine rings is 1. The van der Waals surface area contributed by atoms with Gasteiger partial charge in [-0.15, -0.1) is 0 Å². The zero-order valence-electron chi connectivity index (χ0n) is 14.6. The summed E-state index contributed by atoms with van der Waals surface area (Å²) >= 11 is 0. The van der Waals surface area contributed by atoms with E-state index in [1.165, 1.54) is 38.5 Å².